The Balaban J connectivity index is 0.00000338. The Labute approximate surface area is 172 Å². The minimum Gasteiger partial charge on any atom is -0.383 e. The lowest BCUT2D eigenvalue weighted by Gasteiger charge is -2.21. The van der Waals surface area contributed by atoms with Gasteiger partial charge in [0.1, 0.15) is 6.54 Å². The molecule has 8 nitrogen and oxygen atoms in total. The Morgan fingerprint density at radius 1 is 1.46 bits per heavy atom. The average Bonchev–Trinajstić information content (AvgIpc) is 3.21. The summed E-state index contributed by atoms with van der Waals surface area (Å²) in [4.78, 5) is 18.5. The van der Waals surface area contributed by atoms with Crippen molar-refractivity contribution < 1.29 is 9.53 Å². The number of ether oxygens (including phenoxy) is 1. The largest absolute Gasteiger partial charge is 0.383 e. The molecule has 1 aromatic rings. The molecule has 148 valence electrons. The molecule has 1 aliphatic heterocycles. The topological polar surface area (TPSA) is 83.8 Å². The maximum absolute atomic E-state index is 11.8. The summed E-state index contributed by atoms with van der Waals surface area (Å²) < 4.78 is 6.77. The second-order valence-corrected chi connectivity index (χ2v) is 6.34. The number of nitrogens with zero attached hydrogens (tertiary/aromatic N) is 4. The van der Waals surface area contributed by atoms with E-state index in [1.165, 1.54) is 5.56 Å². The number of likely N-dealkylation sites (tertiary alicyclic amines) is 1. The second kappa shape index (κ2) is 12.1. The number of methoxy groups -OCH3 is 1. The summed E-state index contributed by atoms with van der Waals surface area (Å²) in [5.41, 5.74) is 1.27. The highest BCUT2D eigenvalue weighted by atomic mass is 127. The fourth-order valence-electron chi connectivity index (χ4n) is 3.02. The standard InChI is InChI=1S/C17H30N6O2.HI/c1-4-18-17(20-11-16(24)19-6-8-25-3)23-7-5-14(13-23)9-15-10-21-22(2)12-15;/h10,12,14H,4-9,11,13H2,1-3H3,(H,18,20)(H,19,24);1H. The number of aromatic nitrogens is 2. The minimum absolute atomic E-state index is 0. The Bertz CT molecular complexity index is 577. The van der Waals surface area contributed by atoms with Crippen molar-refractivity contribution in [1.82, 2.24) is 25.3 Å². The molecule has 1 fully saturated rings. The van der Waals surface area contributed by atoms with Crippen LogP contribution in [0, 0.1) is 5.92 Å². The Kier molecular flexibility index (Phi) is 10.6. The van der Waals surface area contributed by atoms with Crippen LogP contribution in [0.25, 0.3) is 0 Å². The third kappa shape index (κ3) is 7.48. The summed E-state index contributed by atoms with van der Waals surface area (Å²) in [6.45, 7) is 5.89. The fraction of sp³-hybridized carbons (Fsp3) is 0.706. The zero-order valence-corrected chi connectivity index (χ0v) is 18.2. The molecule has 0 radical (unpaired) electrons. The number of carbonyl (C=O) groups is 1. The molecule has 9 heteroatoms. The number of nitrogens with one attached hydrogen (secondary N) is 2. The Morgan fingerprint density at radius 3 is 2.92 bits per heavy atom. The smallest absolute Gasteiger partial charge is 0.241 e. The zero-order chi connectivity index (χ0) is 18.1. The van der Waals surface area contributed by atoms with Crippen molar-refractivity contribution in [2.75, 3.05) is 46.4 Å². The highest BCUT2D eigenvalue weighted by Gasteiger charge is 2.25. The summed E-state index contributed by atoms with van der Waals surface area (Å²) in [5.74, 6) is 1.32. The van der Waals surface area contributed by atoms with Crippen molar-refractivity contribution >= 4 is 35.8 Å². The molecule has 0 aromatic carbocycles. The first-order valence-electron chi connectivity index (χ1n) is 8.88. The van der Waals surface area contributed by atoms with E-state index >= 15 is 0 Å². The van der Waals surface area contributed by atoms with Crippen LogP contribution < -0.4 is 10.6 Å². The first-order chi connectivity index (χ1) is 12.1. The van der Waals surface area contributed by atoms with E-state index in [-0.39, 0.29) is 36.4 Å². The van der Waals surface area contributed by atoms with Gasteiger partial charge in [0, 0.05) is 46.5 Å². The van der Waals surface area contributed by atoms with E-state index in [2.05, 4.69) is 31.8 Å². The van der Waals surface area contributed by atoms with Crippen molar-refractivity contribution in [3.63, 3.8) is 0 Å². The fourth-order valence-corrected chi connectivity index (χ4v) is 3.02. The number of halogens is 1. The summed E-state index contributed by atoms with van der Waals surface area (Å²) in [5, 5.41) is 10.3. The molecule has 0 aliphatic carbocycles. The van der Waals surface area contributed by atoms with Crippen LogP contribution in [-0.4, -0.2) is 73.0 Å². The molecule has 2 N–H and O–H groups in total. The van der Waals surface area contributed by atoms with Gasteiger partial charge >= 0.3 is 0 Å². The number of guanidine groups is 1. The van der Waals surface area contributed by atoms with Crippen molar-refractivity contribution in [1.29, 1.82) is 0 Å². The molecule has 1 unspecified atom stereocenters. The lowest BCUT2D eigenvalue weighted by molar-refractivity contribution is -0.119. The molecule has 1 saturated heterocycles. The molecule has 0 spiro atoms. The summed E-state index contributed by atoms with van der Waals surface area (Å²) in [6, 6.07) is 0. The third-order valence-corrected chi connectivity index (χ3v) is 4.20. The van der Waals surface area contributed by atoms with Crippen LogP contribution in [0.2, 0.25) is 0 Å². The molecule has 1 atom stereocenters. The highest BCUT2D eigenvalue weighted by molar-refractivity contribution is 14.0. The van der Waals surface area contributed by atoms with Gasteiger partial charge in [0.2, 0.25) is 5.91 Å². The van der Waals surface area contributed by atoms with E-state index in [0.717, 1.165) is 38.4 Å². The normalized spacial score (nSPS) is 17.1. The summed E-state index contributed by atoms with van der Waals surface area (Å²) >= 11 is 0. The first kappa shape index (κ1) is 22.7. The second-order valence-electron chi connectivity index (χ2n) is 6.34. The molecule has 0 bridgehead atoms. The Hall–Kier alpha value is -1.36. The van der Waals surface area contributed by atoms with Crippen LogP contribution in [0.4, 0.5) is 0 Å². The van der Waals surface area contributed by atoms with Crippen LogP contribution in [0.3, 0.4) is 0 Å². The van der Waals surface area contributed by atoms with Crippen molar-refractivity contribution in [3.8, 4) is 0 Å². The van der Waals surface area contributed by atoms with Gasteiger partial charge in [-0.05, 0) is 31.2 Å². The molecular formula is C17H31IN6O2. The molecule has 1 aromatic heterocycles. The molecule has 0 saturated carbocycles. The lowest BCUT2D eigenvalue weighted by atomic mass is 10.0. The first-order valence-corrected chi connectivity index (χ1v) is 8.88. The number of hydrogen-bond donors (Lipinski definition) is 2. The van der Waals surface area contributed by atoms with Crippen LogP contribution in [0.5, 0.6) is 0 Å². The van der Waals surface area contributed by atoms with Crippen LogP contribution in [0.1, 0.15) is 18.9 Å². The van der Waals surface area contributed by atoms with E-state index in [1.54, 1.807) is 7.11 Å². The lowest BCUT2D eigenvalue weighted by Crippen LogP contribution is -2.41. The van der Waals surface area contributed by atoms with Gasteiger partial charge in [-0.2, -0.15) is 5.10 Å². The predicted molar refractivity (Wildman–Crippen MR) is 113 cm³/mol. The van der Waals surface area contributed by atoms with Gasteiger partial charge in [0.05, 0.1) is 12.8 Å². The number of aliphatic imine (C=N–C) groups is 1. The van der Waals surface area contributed by atoms with E-state index in [9.17, 15) is 4.79 Å². The van der Waals surface area contributed by atoms with Gasteiger partial charge in [0.25, 0.3) is 0 Å². The van der Waals surface area contributed by atoms with E-state index < -0.39 is 0 Å². The third-order valence-electron chi connectivity index (χ3n) is 4.20. The number of carbonyl (C=O) groups excluding carboxylic acids is 1. The number of rotatable bonds is 8. The van der Waals surface area contributed by atoms with Gasteiger partial charge in [-0.25, -0.2) is 4.99 Å². The predicted octanol–water partition coefficient (Wildman–Crippen LogP) is 0.631. The van der Waals surface area contributed by atoms with Crippen LogP contribution in [-0.2, 0) is 23.0 Å². The Morgan fingerprint density at radius 2 is 2.27 bits per heavy atom. The molecular weight excluding hydrogens is 447 g/mol. The van der Waals surface area contributed by atoms with Gasteiger partial charge in [-0.1, -0.05) is 0 Å². The van der Waals surface area contributed by atoms with Crippen molar-refractivity contribution in [2.24, 2.45) is 18.0 Å². The van der Waals surface area contributed by atoms with Crippen LogP contribution in [0.15, 0.2) is 17.4 Å². The molecule has 1 aliphatic rings. The van der Waals surface area contributed by atoms with Gasteiger partial charge in [0.15, 0.2) is 5.96 Å². The SMILES string of the molecule is CCNC(=NCC(=O)NCCOC)N1CCC(Cc2cnn(C)c2)C1.I. The average molecular weight is 478 g/mol. The summed E-state index contributed by atoms with van der Waals surface area (Å²) in [7, 11) is 3.56. The highest BCUT2D eigenvalue weighted by Crippen LogP contribution is 2.20. The molecule has 2 heterocycles. The van der Waals surface area contributed by atoms with E-state index in [0.29, 0.717) is 19.1 Å². The molecule has 1 amide bonds. The van der Waals surface area contributed by atoms with E-state index in [1.807, 2.05) is 24.9 Å². The van der Waals surface area contributed by atoms with E-state index in [4.69, 9.17) is 4.74 Å². The zero-order valence-electron chi connectivity index (χ0n) is 15.9. The van der Waals surface area contributed by atoms with Gasteiger partial charge < -0.3 is 20.3 Å². The quantitative estimate of drug-likeness (QED) is 0.248. The maximum atomic E-state index is 11.8. The molecule has 2 rings (SSSR count). The van der Waals surface area contributed by atoms with Gasteiger partial charge in [-0.3, -0.25) is 9.48 Å². The van der Waals surface area contributed by atoms with Gasteiger partial charge in [-0.15, -0.1) is 24.0 Å². The number of aryl methyl sites for hydroxylation is 1. The van der Waals surface area contributed by atoms with Crippen molar-refractivity contribution in [2.45, 2.75) is 19.8 Å². The number of amides is 1. The number of hydrogen-bond acceptors (Lipinski definition) is 4. The van der Waals surface area contributed by atoms with Crippen molar-refractivity contribution in [3.05, 3.63) is 18.0 Å². The minimum atomic E-state index is -0.0847. The maximum Gasteiger partial charge on any atom is 0.241 e. The monoisotopic (exact) mass is 478 g/mol. The summed E-state index contributed by atoms with van der Waals surface area (Å²) in [6.07, 6.45) is 6.17. The molecule has 26 heavy (non-hydrogen) atoms. The van der Waals surface area contributed by atoms with Crippen LogP contribution >= 0.6 is 24.0 Å².